The Labute approximate surface area is 114 Å². The van der Waals surface area contributed by atoms with E-state index in [4.69, 9.17) is 21.1 Å². The summed E-state index contributed by atoms with van der Waals surface area (Å²) in [5.41, 5.74) is 0.515. The third-order valence-electron chi connectivity index (χ3n) is 2.47. The monoisotopic (exact) mass is 282 g/mol. The molecule has 0 fully saturated rings. The summed E-state index contributed by atoms with van der Waals surface area (Å²) in [7, 11) is 3.07. The highest BCUT2D eigenvalue weighted by Gasteiger charge is 2.17. The van der Waals surface area contributed by atoms with Gasteiger partial charge in [0.1, 0.15) is 16.4 Å². The van der Waals surface area contributed by atoms with E-state index in [1.807, 2.05) is 5.38 Å². The van der Waals surface area contributed by atoms with Crippen LogP contribution in [0.25, 0.3) is 0 Å². The molecular weight excluding hydrogens is 272 g/mol. The third-order valence-corrected chi connectivity index (χ3v) is 3.66. The second-order valence-corrected chi connectivity index (χ2v) is 4.82. The lowest BCUT2D eigenvalue weighted by atomic mass is 10.1. The van der Waals surface area contributed by atoms with Crippen molar-refractivity contribution in [3.8, 4) is 11.5 Å². The first-order valence-corrected chi connectivity index (χ1v) is 6.43. The van der Waals surface area contributed by atoms with Crippen molar-refractivity contribution in [3.05, 3.63) is 45.1 Å². The fraction of sp³-hybridized carbons (Fsp3) is 0.154. The Morgan fingerprint density at radius 1 is 1.17 bits per heavy atom. The smallest absolute Gasteiger partial charge is 0.206 e. The summed E-state index contributed by atoms with van der Waals surface area (Å²) >= 11 is 7.35. The van der Waals surface area contributed by atoms with Crippen LogP contribution in [0.15, 0.2) is 29.6 Å². The summed E-state index contributed by atoms with van der Waals surface area (Å²) in [4.78, 5) is 12.8. The number of rotatable bonds is 4. The Bertz CT molecular complexity index is 577. The molecule has 18 heavy (non-hydrogen) atoms. The van der Waals surface area contributed by atoms with Gasteiger partial charge in [-0.3, -0.25) is 4.79 Å². The Morgan fingerprint density at radius 2 is 1.89 bits per heavy atom. The number of ketones is 1. The van der Waals surface area contributed by atoms with Crippen molar-refractivity contribution in [2.24, 2.45) is 0 Å². The minimum atomic E-state index is -0.105. The van der Waals surface area contributed by atoms with E-state index >= 15 is 0 Å². The highest BCUT2D eigenvalue weighted by Crippen LogP contribution is 2.30. The van der Waals surface area contributed by atoms with Crippen molar-refractivity contribution >= 4 is 28.7 Å². The highest BCUT2D eigenvalue weighted by atomic mass is 35.5. The summed E-state index contributed by atoms with van der Waals surface area (Å²) in [6.45, 7) is 0. The molecule has 94 valence electrons. The summed E-state index contributed by atoms with van der Waals surface area (Å²) in [6.07, 6.45) is 0. The fourth-order valence-electron chi connectivity index (χ4n) is 1.56. The van der Waals surface area contributed by atoms with Crippen LogP contribution in [-0.4, -0.2) is 20.0 Å². The molecule has 0 unspecified atom stereocenters. The molecule has 0 amide bonds. The molecule has 0 saturated heterocycles. The molecule has 0 atom stereocenters. The van der Waals surface area contributed by atoms with Gasteiger partial charge in [-0.1, -0.05) is 11.6 Å². The zero-order chi connectivity index (χ0) is 13.1. The quantitative estimate of drug-likeness (QED) is 0.803. The average Bonchev–Trinajstić information content (AvgIpc) is 2.86. The summed E-state index contributed by atoms with van der Waals surface area (Å²) in [6, 6.07) is 6.73. The normalized spacial score (nSPS) is 10.2. The maximum atomic E-state index is 12.3. The van der Waals surface area contributed by atoms with Gasteiger partial charge in [-0.05, 0) is 29.6 Å². The van der Waals surface area contributed by atoms with Crippen molar-refractivity contribution < 1.29 is 14.3 Å². The first-order chi connectivity index (χ1) is 8.67. The Balaban J connectivity index is 2.37. The predicted molar refractivity (Wildman–Crippen MR) is 72.3 cm³/mol. The molecule has 1 heterocycles. The van der Waals surface area contributed by atoms with Crippen LogP contribution in [0.2, 0.25) is 5.02 Å². The summed E-state index contributed by atoms with van der Waals surface area (Å²) in [5, 5.41) is 2.23. The van der Waals surface area contributed by atoms with Crippen LogP contribution in [0.5, 0.6) is 11.5 Å². The molecule has 2 rings (SSSR count). The van der Waals surface area contributed by atoms with E-state index in [2.05, 4.69) is 0 Å². The summed E-state index contributed by atoms with van der Waals surface area (Å²) < 4.78 is 10.2. The van der Waals surface area contributed by atoms with E-state index in [9.17, 15) is 4.79 Å². The second kappa shape index (κ2) is 5.42. The van der Waals surface area contributed by atoms with Gasteiger partial charge in [0.2, 0.25) is 5.78 Å². The van der Waals surface area contributed by atoms with Crippen molar-refractivity contribution in [2.45, 2.75) is 0 Å². The molecule has 0 bridgehead atoms. The number of ether oxygens (including phenoxy) is 2. The zero-order valence-electron chi connectivity index (χ0n) is 9.90. The molecule has 0 radical (unpaired) electrons. The van der Waals surface area contributed by atoms with Gasteiger partial charge >= 0.3 is 0 Å². The molecule has 1 aromatic heterocycles. The molecule has 0 spiro atoms. The maximum absolute atomic E-state index is 12.3. The number of methoxy groups -OCH3 is 2. The number of benzene rings is 1. The van der Waals surface area contributed by atoms with Crippen LogP contribution in [0.3, 0.4) is 0 Å². The van der Waals surface area contributed by atoms with Crippen molar-refractivity contribution in [2.75, 3.05) is 14.2 Å². The lowest BCUT2D eigenvalue weighted by molar-refractivity contribution is 0.104. The number of carbonyl (C=O) groups excluding carboxylic acids is 1. The van der Waals surface area contributed by atoms with Crippen LogP contribution in [0.1, 0.15) is 15.2 Å². The number of carbonyl (C=O) groups is 1. The molecule has 1 aromatic carbocycles. The SMILES string of the molecule is COc1ccc(C(=O)c2sccc2OC)cc1Cl. The van der Waals surface area contributed by atoms with Gasteiger partial charge in [-0.15, -0.1) is 11.3 Å². The van der Waals surface area contributed by atoms with Crippen LogP contribution in [0.4, 0.5) is 0 Å². The molecule has 3 nitrogen and oxygen atoms in total. The van der Waals surface area contributed by atoms with E-state index in [1.54, 1.807) is 31.4 Å². The molecule has 5 heteroatoms. The molecule has 0 saturated carbocycles. The van der Waals surface area contributed by atoms with Gasteiger partial charge < -0.3 is 9.47 Å². The molecule has 0 N–H and O–H groups in total. The lowest BCUT2D eigenvalue weighted by Gasteiger charge is -2.05. The van der Waals surface area contributed by atoms with Gasteiger partial charge in [0, 0.05) is 5.56 Å². The first-order valence-electron chi connectivity index (χ1n) is 5.17. The van der Waals surface area contributed by atoms with Gasteiger partial charge in [0.15, 0.2) is 0 Å². The molecule has 0 aliphatic carbocycles. The van der Waals surface area contributed by atoms with E-state index in [0.29, 0.717) is 27.0 Å². The van der Waals surface area contributed by atoms with E-state index in [1.165, 1.54) is 18.4 Å². The predicted octanol–water partition coefficient (Wildman–Crippen LogP) is 3.65. The van der Waals surface area contributed by atoms with Crippen molar-refractivity contribution in [1.82, 2.24) is 0 Å². The molecule has 0 aliphatic heterocycles. The second-order valence-electron chi connectivity index (χ2n) is 3.50. The Kier molecular flexibility index (Phi) is 3.89. The van der Waals surface area contributed by atoms with Gasteiger partial charge in [-0.2, -0.15) is 0 Å². The standard InChI is InChI=1S/C13H11ClO3S/c1-16-10-4-3-8(7-9(10)14)12(15)13-11(17-2)5-6-18-13/h3-7H,1-2H3. The number of halogens is 1. The number of hydrogen-bond acceptors (Lipinski definition) is 4. The van der Waals surface area contributed by atoms with Crippen molar-refractivity contribution in [3.63, 3.8) is 0 Å². The number of hydrogen-bond donors (Lipinski definition) is 0. The van der Waals surface area contributed by atoms with Crippen LogP contribution in [-0.2, 0) is 0 Å². The minimum Gasteiger partial charge on any atom is -0.495 e. The van der Waals surface area contributed by atoms with Crippen LogP contribution in [0, 0.1) is 0 Å². The molecule has 0 aliphatic rings. The van der Waals surface area contributed by atoms with Crippen LogP contribution < -0.4 is 9.47 Å². The largest absolute Gasteiger partial charge is 0.495 e. The Morgan fingerprint density at radius 3 is 2.50 bits per heavy atom. The first kappa shape index (κ1) is 12.9. The van der Waals surface area contributed by atoms with Gasteiger partial charge in [0.25, 0.3) is 0 Å². The van der Waals surface area contributed by atoms with Gasteiger partial charge in [-0.25, -0.2) is 0 Å². The van der Waals surface area contributed by atoms with E-state index < -0.39 is 0 Å². The third kappa shape index (κ3) is 2.35. The minimum absolute atomic E-state index is 0.105. The number of thiophene rings is 1. The van der Waals surface area contributed by atoms with E-state index in [0.717, 1.165) is 0 Å². The molecular formula is C13H11ClO3S. The van der Waals surface area contributed by atoms with E-state index in [-0.39, 0.29) is 5.78 Å². The van der Waals surface area contributed by atoms with Crippen molar-refractivity contribution in [1.29, 1.82) is 0 Å². The molecule has 2 aromatic rings. The summed E-state index contributed by atoms with van der Waals surface area (Å²) in [5.74, 6) is 1.02. The topological polar surface area (TPSA) is 35.5 Å². The highest BCUT2D eigenvalue weighted by molar-refractivity contribution is 7.12. The Hall–Kier alpha value is -1.52. The average molecular weight is 283 g/mol. The maximum Gasteiger partial charge on any atom is 0.206 e. The lowest BCUT2D eigenvalue weighted by Crippen LogP contribution is -2.01. The van der Waals surface area contributed by atoms with Crippen LogP contribution >= 0.6 is 22.9 Å². The fourth-order valence-corrected chi connectivity index (χ4v) is 2.64. The zero-order valence-corrected chi connectivity index (χ0v) is 11.5. The van der Waals surface area contributed by atoms with Gasteiger partial charge in [0.05, 0.1) is 19.2 Å².